The molecule has 0 aliphatic carbocycles. The standard InChI is InChI=1S/C22H29N5.ClH/c1-18-21(22(24-25(18)2)19-10-5-3-6-11-19)20-16-23-17-27(20)15-9-14-26-12-7-4-8-13-26;/h3,5-6,10-11,16-17H,4,7-9,12-15H2,1-2H3;1H. The van der Waals surface area contributed by atoms with Crippen LogP contribution in [0.3, 0.4) is 0 Å². The molecule has 3 heterocycles. The third kappa shape index (κ3) is 4.31. The van der Waals surface area contributed by atoms with Gasteiger partial charge in [-0.15, -0.1) is 12.4 Å². The van der Waals surface area contributed by atoms with Gasteiger partial charge in [-0.1, -0.05) is 36.8 Å². The van der Waals surface area contributed by atoms with E-state index in [1.807, 2.05) is 30.3 Å². The molecule has 0 atom stereocenters. The second-order valence-electron chi connectivity index (χ2n) is 7.53. The summed E-state index contributed by atoms with van der Waals surface area (Å²) in [6, 6.07) is 10.4. The minimum atomic E-state index is 0. The van der Waals surface area contributed by atoms with Gasteiger partial charge in [-0.05, 0) is 45.8 Å². The lowest BCUT2D eigenvalue weighted by Gasteiger charge is -2.26. The smallest absolute Gasteiger partial charge is 0.102 e. The minimum absolute atomic E-state index is 0. The van der Waals surface area contributed by atoms with E-state index >= 15 is 0 Å². The van der Waals surface area contributed by atoms with Gasteiger partial charge in [0.2, 0.25) is 0 Å². The molecule has 28 heavy (non-hydrogen) atoms. The Morgan fingerprint density at radius 3 is 2.50 bits per heavy atom. The second kappa shape index (κ2) is 9.39. The first-order chi connectivity index (χ1) is 13.2. The van der Waals surface area contributed by atoms with E-state index in [2.05, 4.69) is 45.6 Å². The summed E-state index contributed by atoms with van der Waals surface area (Å²) >= 11 is 0. The summed E-state index contributed by atoms with van der Waals surface area (Å²) in [5.41, 5.74) is 5.72. The van der Waals surface area contributed by atoms with Crippen LogP contribution >= 0.6 is 12.4 Å². The SMILES string of the molecule is Cc1c(-c2cncn2CCCN2CCCCC2)c(-c2ccccc2)nn1C.Cl. The van der Waals surface area contributed by atoms with E-state index in [4.69, 9.17) is 5.10 Å². The Labute approximate surface area is 173 Å². The molecule has 0 radical (unpaired) electrons. The summed E-state index contributed by atoms with van der Waals surface area (Å²) < 4.78 is 4.27. The molecule has 2 aromatic heterocycles. The van der Waals surface area contributed by atoms with Crippen molar-refractivity contribution in [2.75, 3.05) is 19.6 Å². The molecular formula is C22H30ClN5. The van der Waals surface area contributed by atoms with Crippen molar-refractivity contribution < 1.29 is 0 Å². The number of imidazole rings is 1. The lowest BCUT2D eigenvalue weighted by molar-refractivity contribution is 0.223. The summed E-state index contributed by atoms with van der Waals surface area (Å²) in [4.78, 5) is 7.06. The van der Waals surface area contributed by atoms with E-state index in [0.29, 0.717) is 0 Å². The zero-order chi connectivity index (χ0) is 18.6. The van der Waals surface area contributed by atoms with Gasteiger partial charge in [-0.2, -0.15) is 5.10 Å². The van der Waals surface area contributed by atoms with E-state index < -0.39 is 0 Å². The molecule has 4 rings (SSSR count). The maximum absolute atomic E-state index is 4.80. The highest BCUT2D eigenvalue weighted by atomic mass is 35.5. The van der Waals surface area contributed by atoms with Crippen LogP contribution in [0.25, 0.3) is 22.5 Å². The number of aromatic nitrogens is 4. The van der Waals surface area contributed by atoms with Crippen LogP contribution in [0.2, 0.25) is 0 Å². The molecule has 0 unspecified atom stereocenters. The molecule has 1 aliphatic heterocycles. The molecule has 0 N–H and O–H groups in total. The molecule has 6 heteroatoms. The zero-order valence-electron chi connectivity index (χ0n) is 16.8. The van der Waals surface area contributed by atoms with Crippen molar-refractivity contribution in [2.24, 2.45) is 7.05 Å². The van der Waals surface area contributed by atoms with Gasteiger partial charge in [0.1, 0.15) is 5.69 Å². The van der Waals surface area contributed by atoms with E-state index in [-0.39, 0.29) is 12.4 Å². The number of halogens is 1. The number of hydrogen-bond donors (Lipinski definition) is 0. The molecule has 1 saturated heterocycles. The van der Waals surface area contributed by atoms with Crippen LogP contribution in [-0.4, -0.2) is 43.9 Å². The van der Waals surface area contributed by atoms with Gasteiger partial charge in [0.05, 0.1) is 18.2 Å². The number of likely N-dealkylation sites (tertiary alicyclic amines) is 1. The Bertz CT molecular complexity index is 878. The number of hydrogen-bond acceptors (Lipinski definition) is 3. The Kier molecular flexibility index (Phi) is 6.92. The molecule has 1 aliphatic rings. The average Bonchev–Trinajstić information content (AvgIpc) is 3.28. The van der Waals surface area contributed by atoms with Crippen LogP contribution in [-0.2, 0) is 13.6 Å². The monoisotopic (exact) mass is 399 g/mol. The predicted octanol–water partition coefficient (Wildman–Crippen LogP) is 4.56. The van der Waals surface area contributed by atoms with Crippen molar-refractivity contribution in [1.82, 2.24) is 24.2 Å². The molecule has 3 aromatic rings. The average molecular weight is 400 g/mol. The predicted molar refractivity (Wildman–Crippen MR) is 117 cm³/mol. The fraction of sp³-hybridized carbons (Fsp3) is 0.455. The molecule has 150 valence electrons. The highest BCUT2D eigenvalue weighted by molar-refractivity contribution is 5.85. The molecule has 0 bridgehead atoms. The fourth-order valence-corrected chi connectivity index (χ4v) is 4.07. The Hall–Kier alpha value is -2.11. The van der Waals surface area contributed by atoms with Gasteiger partial charge in [0.15, 0.2) is 0 Å². The van der Waals surface area contributed by atoms with Crippen LogP contribution in [0.5, 0.6) is 0 Å². The summed E-state index contributed by atoms with van der Waals surface area (Å²) in [5.74, 6) is 0. The van der Waals surface area contributed by atoms with Crippen molar-refractivity contribution in [3.63, 3.8) is 0 Å². The van der Waals surface area contributed by atoms with Crippen LogP contribution in [0.15, 0.2) is 42.9 Å². The maximum Gasteiger partial charge on any atom is 0.102 e. The zero-order valence-corrected chi connectivity index (χ0v) is 17.7. The molecule has 0 amide bonds. The van der Waals surface area contributed by atoms with Gasteiger partial charge in [0, 0.05) is 30.4 Å². The topological polar surface area (TPSA) is 38.9 Å². The maximum atomic E-state index is 4.80. The van der Waals surface area contributed by atoms with Gasteiger partial charge >= 0.3 is 0 Å². The molecule has 1 aromatic carbocycles. The largest absolute Gasteiger partial charge is 0.330 e. The summed E-state index contributed by atoms with van der Waals surface area (Å²) in [6.07, 6.45) is 9.20. The lowest BCUT2D eigenvalue weighted by Crippen LogP contribution is -2.31. The van der Waals surface area contributed by atoms with Gasteiger partial charge < -0.3 is 9.47 Å². The highest BCUT2D eigenvalue weighted by Gasteiger charge is 2.19. The third-order valence-corrected chi connectivity index (χ3v) is 5.67. The van der Waals surface area contributed by atoms with Crippen LogP contribution < -0.4 is 0 Å². The highest BCUT2D eigenvalue weighted by Crippen LogP contribution is 2.33. The van der Waals surface area contributed by atoms with E-state index in [1.165, 1.54) is 50.2 Å². The Morgan fingerprint density at radius 2 is 1.75 bits per heavy atom. The number of rotatable bonds is 6. The normalized spacial score (nSPS) is 14.8. The summed E-state index contributed by atoms with van der Waals surface area (Å²) in [7, 11) is 2.02. The van der Waals surface area contributed by atoms with Crippen molar-refractivity contribution in [3.05, 3.63) is 48.5 Å². The number of aryl methyl sites for hydroxylation is 2. The van der Waals surface area contributed by atoms with E-state index in [0.717, 1.165) is 29.9 Å². The number of benzene rings is 1. The Morgan fingerprint density at radius 1 is 1.00 bits per heavy atom. The summed E-state index contributed by atoms with van der Waals surface area (Å²) in [6.45, 7) is 6.83. The fourth-order valence-electron chi connectivity index (χ4n) is 4.07. The van der Waals surface area contributed by atoms with Gasteiger partial charge in [-0.3, -0.25) is 4.68 Å². The van der Waals surface area contributed by atoms with Gasteiger partial charge in [-0.25, -0.2) is 4.98 Å². The van der Waals surface area contributed by atoms with Crippen molar-refractivity contribution >= 4 is 12.4 Å². The molecule has 0 saturated carbocycles. The van der Waals surface area contributed by atoms with Crippen molar-refractivity contribution in [2.45, 2.75) is 39.2 Å². The van der Waals surface area contributed by atoms with E-state index in [9.17, 15) is 0 Å². The van der Waals surface area contributed by atoms with E-state index in [1.54, 1.807) is 0 Å². The van der Waals surface area contributed by atoms with Gasteiger partial charge in [0.25, 0.3) is 0 Å². The summed E-state index contributed by atoms with van der Waals surface area (Å²) in [5, 5.41) is 4.80. The van der Waals surface area contributed by atoms with Crippen molar-refractivity contribution in [1.29, 1.82) is 0 Å². The Balaban J connectivity index is 0.00000225. The molecule has 5 nitrogen and oxygen atoms in total. The van der Waals surface area contributed by atoms with Crippen LogP contribution in [0, 0.1) is 6.92 Å². The first-order valence-electron chi connectivity index (χ1n) is 10.1. The lowest BCUT2D eigenvalue weighted by atomic mass is 10.0. The molecular weight excluding hydrogens is 370 g/mol. The first kappa shape index (κ1) is 20.6. The molecule has 1 fully saturated rings. The van der Waals surface area contributed by atoms with Crippen LogP contribution in [0.1, 0.15) is 31.4 Å². The first-order valence-corrected chi connectivity index (χ1v) is 10.1. The number of piperidine rings is 1. The van der Waals surface area contributed by atoms with Crippen LogP contribution in [0.4, 0.5) is 0 Å². The van der Waals surface area contributed by atoms with Crippen molar-refractivity contribution in [3.8, 4) is 22.5 Å². The quantitative estimate of drug-likeness (QED) is 0.610. The second-order valence-corrected chi connectivity index (χ2v) is 7.53. The number of nitrogens with zero attached hydrogens (tertiary/aromatic N) is 5. The third-order valence-electron chi connectivity index (χ3n) is 5.67. The molecule has 0 spiro atoms. The minimum Gasteiger partial charge on any atom is -0.330 e.